The van der Waals surface area contributed by atoms with Gasteiger partial charge in [-0.15, -0.1) is 0 Å². The van der Waals surface area contributed by atoms with E-state index in [0.717, 1.165) is 22.3 Å². The van der Waals surface area contributed by atoms with Crippen molar-refractivity contribution in [3.05, 3.63) is 89.7 Å². The second kappa shape index (κ2) is 7.96. The summed E-state index contributed by atoms with van der Waals surface area (Å²) in [6.07, 6.45) is 3.88. The number of carbonyl (C=O) groups is 1. The fraction of sp³-hybridized carbons (Fsp3) is 0.130. The molecule has 0 aliphatic heterocycles. The van der Waals surface area contributed by atoms with Crippen molar-refractivity contribution in [1.29, 1.82) is 0 Å². The highest BCUT2D eigenvalue weighted by Gasteiger charge is 2.09. The number of amides is 1. The maximum atomic E-state index is 12.4. The Morgan fingerprint density at radius 2 is 1.82 bits per heavy atom. The molecule has 140 valence electrons. The fourth-order valence-corrected chi connectivity index (χ4v) is 3.22. The van der Waals surface area contributed by atoms with Crippen molar-refractivity contribution >= 4 is 28.3 Å². The van der Waals surface area contributed by atoms with Gasteiger partial charge in [0, 0.05) is 23.6 Å². The second-order valence-electron chi connectivity index (χ2n) is 6.80. The summed E-state index contributed by atoms with van der Waals surface area (Å²) in [5.41, 5.74) is 5.19. The highest BCUT2D eigenvalue weighted by atomic mass is 16.1. The Bertz CT molecular complexity index is 1100. The first kappa shape index (κ1) is 17.8. The Morgan fingerprint density at radius 3 is 2.64 bits per heavy atom. The Labute approximate surface area is 163 Å². The summed E-state index contributed by atoms with van der Waals surface area (Å²) in [6.45, 7) is 2.81. The van der Waals surface area contributed by atoms with Gasteiger partial charge in [-0.2, -0.15) is 0 Å². The van der Waals surface area contributed by atoms with E-state index in [4.69, 9.17) is 0 Å². The lowest BCUT2D eigenvalue weighted by atomic mass is 10.1. The lowest BCUT2D eigenvalue weighted by Gasteiger charge is -2.09. The number of fused-ring (bicyclic) bond motifs is 1. The summed E-state index contributed by atoms with van der Waals surface area (Å²) < 4.78 is 0. The van der Waals surface area contributed by atoms with Crippen LogP contribution in [0.5, 0.6) is 0 Å². The minimum atomic E-state index is -0.0628. The molecule has 0 aliphatic carbocycles. The molecular weight excluding hydrogens is 348 g/mol. The molecule has 3 N–H and O–H groups in total. The molecule has 0 aliphatic rings. The summed E-state index contributed by atoms with van der Waals surface area (Å²) in [4.78, 5) is 20.0. The number of benzene rings is 2. The Hall–Kier alpha value is -3.60. The van der Waals surface area contributed by atoms with Gasteiger partial charge in [0.05, 0.1) is 18.3 Å². The number of para-hydroxylation sites is 1. The molecule has 0 spiro atoms. The number of aromatic amines is 1. The molecule has 2 aromatic carbocycles. The maximum absolute atomic E-state index is 12.4. The van der Waals surface area contributed by atoms with Gasteiger partial charge in [0.1, 0.15) is 5.82 Å². The number of nitrogens with one attached hydrogen (secondary N) is 3. The third-order valence-electron chi connectivity index (χ3n) is 4.79. The van der Waals surface area contributed by atoms with E-state index in [1.807, 2.05) is 54.7 Å². The molecule has 5 nitrogen and oxygen atoms in total. The summed E-state index contributed by atoms with van der Waals surface area (Å²) in [5.74, 6) is 0.713. The van der Waals surface area contributed by atoms with Gasteiger partial charge in [0.25, 0.3) is 0 Å². The molecule has 4 aromatic rings. The third-order valence-corrected chi connectivity index (χ3v) is 4.79. The van der Waals surface area contributed by atoms with Gasteiger partial charge in [-0.1, -0.05) is 42.5 Å². The Balaban J connectivity index is 1.35. The van der Waals surface area contributed by atoms with Crippen molar-refractivity contribution in [1.82, 2.24) is 9.97 Å². The predicted octanol–water partition coefficient (Wildman–Crippen LogP) is 4.66. The van der Waals surface area contributed by atoms with E-state index in [9.17, 15) is 4.79 Å². The van der Waals surface area contributed by atoms with Gasteiger partial charge in [-0.25, -0.2) is 4.98 Å². The molecule has 4 rings (SSSR count). The normalized spacial score (nSPS) is 10.8. The highest BCUT2D eigenvalue weighted by Crippen LogP contribution is 2.19. The van der Waals surface area contributed by atoms with E-state index < -0.39 is 0 Å². The van der Waals surface area contributed by atoms with E-state index in [1.165, 1.54) is 11.1 Å². The number of pyridine rings is 1. The molecule has 0 radical (unpaired) electrons. The van der Waals surface area contributed by atoms with Crippen LogP contribution in [0, 0.1) is 6.92 Å². The number of H-pyrrole nitrogens is 1. The van der Waals surface area contributed by atoms with Crippen LogP contribution in [0.4, 0.5) is 11.5 Å². The van der Waals surface area contributed by atoms with E-state index >= 15 is 0 Å². The molecule has 0 atom stereocenters. The zero-order chi connectivity index (χ0) is 19.3. The molecule has 0 fully saturated rings. The summed E-state index contributed by atoms with van der Waals surface area (Å²) in [5, 5.41) is 7.30. The molecule has 2 aromatic heterocycles. The Kier molecular flexibility index (Phi) is 5.06. The van der Waals surface area contributed by atoms with Crippen molar-refractivity contribution in [3.63, 3.8) is 0 Å². The van der Waals surface area contributed by atoms with E-state index in [-0.39, 0.29) is 5.91 Å². The first-order valence-electron chi connectivity index (χ1n) is 9.28. The van der Waals surface area contributed by atoms with Gasteiger partial charge in [-0.05, 0) is 41.8 Å². The van der Waals surface area contributed by atoms with Crippen LogP contribution >= 0.6 is 0 Å². The summed E-state index contributed by atoms with van der Waals surface area (Å²) >= 11 is 0. The molecule has 0 bridgehead atoms. The van der Waals surface area contributed by atoms with Crippen LogP contribution in [-0.2, 0) is 17.8 Å². The van der Waals surface area contributed by atoms with Crippen LogP contribution in [0.15, 0.2) is 73.1 Å². The number of carbonyl (C=O) groups excluding carboxylic acids is 1. The van der Waals surface area contributed by atoms with Gasteiger partial charge in [0.2, 0.25) is 5.91 Å². The van der Waals surface area contributed by atoms with Gasteiger partial charge < -0.3 is 15.6 Å². The molecule has 1 amide bonds. The van der Waals surface area contributed by atoms with Crippen LogP contribution in [-0.4, -0.2) is 15.9 Å². The van der Waals surface area contributed by atoms with Gasteiger partial charge in [0.15, 0.2) is 0 Å². The first-order valence-corrected chi connectivity index (χ1v) is 9.28. The number of anilines is 2. The summed E-state index contributed by atoms with van der Waals surface area (Å²) in [6, 6.07) is 20.0. The smallest absolute Gasteiger partial charge is 0.228 e. The van der Waals surface area contributed by atoms with Crippen LogP contribution in [0.3, 0.4) is 0 Å². The minimum absolute atomic E-state index is 0.0628. The average Bonchev–Trinajstić information content (AvgIpc) is 3.11. The minimum Gasteiger partial charge on any atom is -0.366 e. The molecule has 2 heterocycles. The van der Waals surface area contributed by atoms with Gasteiger partial charge in [-0.3, -0.25) is 4.79 Å². The standard InChI is InChI=1S/C23H22N4O/c1-16-6-2-3-7-17(16)13-25-22-11-10-19(15-26-22)27-23(28)12-18-14-24-21-9-5-4-8-20(18)21/h2-11,14-15,24H,12-13H2,1H3,(H,25,26)(H,27,28). The molecule has 0 saturated carbocycles. The third kappa shape index (κ3) is 4.04. The highest BCUT2D eigenvalue weighted by molar-refractivity contribution is 5.95. The number of hydrogen-bond donors (Lipinski definition) is 3. The average molecular weight is 370 g/mol. The molecule has 0 unspecified atom stereocenters. The number of rotatable bonds is 6. The molecule has 5 heteroatoms. The molecule has 0 saturated heterocycles. The predicted molar refractivity (Wildman–Crippen MR) is 113 cm³/mol. The SMILES string of the molecule is Cc1ccccc1CNc1ccc(NC(=O)Cc2c[nH]c3ccccc23)cn1. The number of hydrogen-bond acceptors (Lipinski definition) is 3. The lowest BCUT2D eigenvalue weighted by Crippen LogP contribution is -2.14. The first-order chi connectivity index (χ1) is 13.7. The van der Waals surface area contributed by atoms with Crippen molar-refractivity contribution in [3.8, 4) is 0 Å². The van der Waals surface area contributed by atoms with Crippen molar-refractivity contribution in [2.75, 3.05) is 10.6 Å². The van der Waals surface area contributed by atoms with Crippen molar-refractivity contribution in [2.45, 2.75) is 19.9 Å². The monoisotopic (exact) mass is 370 g/mol. The van der Waals surface area contributed by atoms with Crippen LogP contribution < -0.4 is 10.6 Å². The quantitative estimate of drug-likeness (QED) is 0.462. The topological polar surface area (TPSA) is 69.8 Å². The zero-order valence-corrected chi connectivity index (χ0v) is 15.7. The summed E-state index contributed by atoms with van der Waals surface area (Å²) in [7, 11) is 0. The van der Waals surface area contributed by atoms with Crippen LogP contribution in [0.1, 0.15) is 16.7 Å². The zero-order valence-electron chi connectivity index (χ0n) is 15.7. The van der Waals surface area contributed by atoms with E-state index in [2.05, 4.69) is 39.7 Å². The van der Waals surface area contributed by atoms with E-state index in [1.54, 1.807) is 6.20 Å². The van der Waals surface area contributed by atoms with E-state index in [0.29, 0.717) is 18.7 Å². The van der Waals surface area contributed by atoms with Gasteiger partial charge >= 0.3 is 0 Å². The fourth-order valence-electron chi connectivity index (χ4n) is 3.22. The molecule has 28 heavy (non-hydrogen) atoms. The lowest BCUT2D eigenvalue weighted by molar-refractivity contribution is -0.115. The molecular formula is C23H22N4O. The van der Waals surface area contributed by atoms with Crippen LogP contribution in [0.25, 0.3) is 10.9 Å². The number of aryl methyl sites for hydroxylation is 1. The maximum Gasteiger partial charge on any atom is 0.228 e. The van der Waals surface area contributed by atoms with Crippen LogP contribution in [0.2, 0.25) is 0 Å². The number of nitrogens with zero attached hydrogens (tertiary/aromatic N) is 1. The second-order valence-corrected chi connectivity index (χ2v) is 6.80. The van der Waals surface area contributed by atoms with Crippen molar-refractivity contribution in [2.24, 2.45) is 0 Å². The largest absolute Gasteiger partial charge is 0.366 e. The number of aromatic nitrogens is 2. The Morgan fingerprint density at radius 1 is 1.00 bits per heavy atom. The van der Waals surface area contributed by atoms with Crippen molar-refractivity contribution < 1.29 is 4.79 Å².